The number of nitriles is 1. The van der Waals surface area contributed by atoms with E-state index in [1.54, 1.807) is 12.4 Å². The molecule has 92 valence electrons. The first-order valence-corrected chi connectivity index (χ1v) is 6.74. The van der Waals surface area contributed by atoms with Crippen molar-refractivity contribution in [3.8, 4) is 6.07 Å². The van der Waals surface area contributed by atoms with Gasteiger partial charge < -0.3 is 4.98 Å². The van der Waals surface area contributed by atoms with Crippen molar-refractivity contribution in [2.24, 2.45) is 0 Å². The molecule has 1 aromatic heterocycles. The molecule has 0 amide bonds. The van der Waals surface area contributed by atoms with E-state index in [4.69, 9.17) is 0 Å². The van der Waals surface area contributed by atoms with E-state index in [1.165, 1.54) is 4.90 Å². The van der Waals surface area contributed by atoms with Crippen LogP contribution in [-0.2, 0) is 0 Å². The van der Waals surface area contributed by atoms with Gasteiger partial charge in [0, 0.05) is 22.5 Å². The molecule has 0 saturated carbocycles. The summed E-state index contributed by atoms with van der Waals surface area (Å²) < 4.78 is 0. The molecule has 0 bridgehead atoms. The van der Waals surface area contributed by atoms with Crippen LogP contribution in [0.3, 0.4) is 0 Å². The van der Waals surface area contributed by atoms with Gasteiger partial charge in [0.2, 0.25) is 0 Å². The number of imidazole rings is 1. The van der Waals surface area contributed by atoms with Gasteiger partial charge in [-0.25, -0.2) is 4.98 Å². The van der Waals surface area contributed by atoms with Gasteiger partial charge in [-0.15, -0.1) is 11.8 Å². The quantitative estimate of drug-likeness (QED) is 0.852. The van der Waals surface area contributed by atoms with Crippen LogP contribution in [0.15, 0.2) is 41.6 Å². The van der Waals surface area contributed by atoms with Crippen LogP contribution in [0.25, 0.3) is 0 Å². The maximum Gasteiger partial charge on any atom is 0.129 e. The second-order valence-electron chi connectivity index (χ2n) is 4.27. The highest BCUT2D eigenvalue weighted by Crippen LogP contribution is 2.26. The lowest BCUT2D eigenvalue weighted by Crippen LogP contribution is -2.00. The number of nitrogens with one attached hydrogen (secondary N) is 1. The van der Waals surface area contributed by atoms with Crippen LogP contribution in [0.4, 0.5) is 0 Å². The maximum absolute atomic E-state index is 9.25. The lowest BCUT2D eigenvalue weighted by Gasteiger charge is -2.09. The normalized spacial score (nSPS) is 12.3. The molecule has 1 heterocycles. The third kappa shape index (κ3) is 2.93. The number of nitrogens with zero attached hydrogens (tertiary/aromatic N) is 2. The minimum absolute atomic E-state index is 0.321. The second kappa shape index (κ2) is 5.74. The van der Waals surface area contributed by atoms with Crippen molar-refractivity contribution in [2.45, 2.75) is 29.9 Å². The monoisotopic (exact) mass is 257 g/mol. The number of aromatic nitrogens is 2. The van der Waals surface area contributed by atoms with Gasteiger partial charge in [-0.05, 0) is 17.7 Å². The predicted octanol–water partition coefficient (Wildman–Crippen LogP) is 3.57. The minimum atomic E-state index is -0.321. The third-order valence-electron chi connectivity index (χ3n) is 2.51. The fraction of sp³-hybridized carbons (Fsp3) is 0.286. The van der Waals surface area contributed by atoms with Crippen LogP contribution in [0.2, 0.25) is 0 Å². The lowest BCUT2D eigenvalue weighted by atomic mass is 10.0. The van der Waals surface area contributed by atoms with Crippen LogP contribution >= 0.6 is 11.8 Å². The van der Waals surface area contributed by atoms with Crippen molar-refractivity contribution in [2.75, 3.05) is 0 Å². The van der Waals surface area contributed by atoms with Crippen LogP contribution in [0, 0.1) is 11.3 Å². The lowest BCUT2D eigenvalue weighted by molar-refractivity contribution is 0.925. The Hall–Kier alpha value is -1.73. The summed E-state index contributed by atoms with van der Waals surface area (Å²) in [5.74, 6) is 0.375. The zero-order chi connectivity index (χ0) is 13.0. The number of rotatable bonds is 4. The molecule has 4 heteroatoms. The summed E-state index contributed by atoms with van der Waals surface area (Å²) in [5.41, 5.74) is 0.973. The van der Waals surface area contributed by atoms with E-state index in [9.17, 15) is 5.26 Å². The summed E-state index contributed by atoms with van der Waals surface area (Å²) in [6.07, 6.45) is 3.41. The molecule has 1 unspecified atom stereocenters. The molecule has 1 N–H and O–H groups in total. The van der Waals surface area contributed by atoms with Crippen molar-refractivity contribution in [1.82, 2.24) is 9.97 Å². The second-order valence-corrected chi connectivity index (χ2v) is 5.92. The molecular formula is C14H15N3S. The fourth-order valence-electron chi connectivity index (χ4n) is 1.74. The number of benzene rings is 1. The Bertz CT molecular complexity index is 523. The molecule has 0 radical (unpaired) electrons. The SMILES string of the molecule is CC(C)Sc1ccc(C(C#N)c2ncc[nH]2)cc1. The Balaban J connectivity index is 2.21. The molecule has 3 nitrogen and oxygen atoms in total. The average Bonchev–Trinajstić information content (AvgIpc) is 2.85. The van der Waals surface area contributed by atoms with Gasteiger partial charge in [0.05, 0.1) is 6.07 Å². The van der Waals surface area contributed by atoms with E-state index in [0.29, 0.717) is 11.1 Å². The van der Waals surface area contributed by atoms with Crippen molar-refractivity contribution in [3.63, 3.8) is 0 Å². The number of H-pyrrole nitrogens is 1. The first kappa shape index (κ1) is 12.7. The first-order chi connectivity index (χ1) is 8.70. The van der Waals surface area contributed by atoms with Crippen molar-refractivity contribution in [1.29, 1.82) is 5.26 Å². The van der Waals surface area contributed by atoms with E-state index in [1.807, 2.05) is 23.9 Å². The summed E-state index contributed by atoms with van der Waals surface area (Å²) in [7, 11) is 0. The minimum Gasteiger partial charge on any atom is -0.347 e. The van der Waals surface area contributed by atoms with E-state index < -0.39 is 0 Å². The van der Waals surface area contributed by atoms with Gasteiger partial charge in [0.15, 0.2) is 0 Å². The van der Waals surface area contributed by atoms with Crippen molar-refractivity contribution >= 4 is 11.8 Å². The van der Waals surface area contributed by atoms with Crippen molar-refractivity contribution in [3.05, 3.63) is 48.0 Å². The summed E-state index contributed by atoms with van der Waals surface area (Å²) in [6, 6.07) is 10.4. The zero-order valence-corrected chi connectivity index (χ0v) is 11.2. The molecule has 18 heavy (non-hydrogen) atoms. The first-order valence-electron chi connectivity index (χ1n) is 5.86. The predicted molar refractivity (Wildman–Crippen MR) is 73.5 cm³/mol. The van der Waals surface area contributed by atoms with E-state index in [0.717, 1.165) is 5.56 Å². The number of thioether (sulfide) groups is 1. The van der Waals surface area contributed by atoms with Crippen LogP contribution in [-0.4, -0.2) is 15.2 Å². The van der Waals surface area contributed by atoms with Gasteiger partial charge in [-0.3, -0.25) is 0 Å². The molecule has 0 fully saturated rings. The molecule has 1 atom stereocenters. The van der Waals surface area contributed by atoms with Crippen LogP contribution < -0.4 is 0 Å². The van der Waals surface area contributed by atoms with Gasteiger partial charge in [-0.1, -0.05) is 26.0 Å². The Morgan fingerprint density at radius 3 is 2.50 bits per heavy atom. The Labute approximate surface area is 111 Å². The third-order valence-corrected chi connectivity index (χ3v) is 3.52. The van der Waals surface area contributed by atoms with Gasteiger partial charge in [0.1, 0.15) is 11.7 Å². The highest BCUT2D eigenvalue weighted by atomic mass is 32.2. The van der Waals surface area contributed by atoms with Gasteiger partial charge in [0.25, 0.3) is 0 Å². The fourth-order valence-corrected chi connectivity index (χ4v) is 2.58. The molecule has 0 saturated heterocycles. The van der Waals surface area contributed by atoms with E-state index >= 15 is 0 Å². The standard InChI is InChI=1S/C14H15N3S/c1-10(2)18-12-5-3-11(4-6-12)13(9-15)14-16-7-8-17-14/h3-8,10,13H,1-2H3,(H,16,17). The van der Waals surface area contributed by atoms with Crippen LogP contribution in [0.5, 0.6) is 0 Å². The summed E-state index contributed by atoms with van der Waals surface area (Å²) in [4.78, 5) is 8.37. The maximum atomic E-state index is 9.25. The smallest absolute Gasteiger partial charge is 0.129 e. The molecular weight excluding hydrogens is 242 g/mol. The summed E-state index contributed by atoms with van der Waals surface area (Å²) in [6.45, 7) is 4.33. The van der Waals surface area contributed by atoms with Crippen LogP contribution in [0.1, 0.15) is 31.2 Å². The molecule has 0 aliphatic heterocycles. The average molecular weight is 257 g/mol. The number of aromatic amines is 1. The Morgan fingerprint density at radius 2 is 2.00 bits per heavy atom. The van der Waals surface area contributed by atoms with Gasteiger partial charge in [-0.2, -0.15) is 5.26 Å². The number of hydrogen-bond acceptors (Lipinski definition) is 3. The molecule has 2 aromatic rings. The molecule has 0 spiro atoms. The highest BCUT2D eigenvalue weighted by Gasteiger charge is 2.15. The topological polar surface area (TPSA) is 52.5 Å². The summed E-state index contributed by atoms with van der Waals surface area (Å²) >= 11 is 1.82. The van der Waals surface area contributed by atoms with E-state index in [-0.39, 0.29) is 5.92 Å². The van der Waals surface area contributed by atoms with Gasteiger partial charge >= 0.3 is 0 Å². The highest BCUT2D eigenvalue weighted by molar-refractivity contribution is 7.99. The largest absolute Gasteiger partial charge is 0.347 e. The Morgan fingerprint density at radius 1 is 1.28 bits per heavy atom. The number of hydrogen-bond donors (Lipinski definition) is 1. The van der Waals surface area contributed by atoms with Crippen molar-refractivity contribution < 1.29 is 0 Å². The molecule has 1 aromatic carbocycles. The summed E-state index contributed by atoms with van der Waals surface area (Å²) in [5, 5.41) is 9.81. The molecule has 2 rings (SSSR count). The Kier molecular flexibility index (Phi) is 4.06. The zero-order valence-electron chi connectivity index (χ0n) is 10.4. The molecule has 0 aliphatic rings. The molecule has 0 aliphatic carbocycles. The van der Waals surface area contributed by atoms with E-state index in [2.05, 4.69) is 42.0 Å².